The van der Waals surface area contributed by atoms with Crippen LogP contribution in [-0.2, 0) is 9.53 Å². The predicted molar refractivity (Wildman–Crippen MR) is 118 cm³/mol. The van der Waals surface area contributed by atoms with E-state index in [4.69, 9.17) is 4.74 Å². The van der Waals surface area contributed by atoms with Gasteiger partial charge in [0.25, 0.3) is 5.91 Å². The van der Waals surface area contributed by atoms with E-state index in [1.807, 2.05) is 26.0 Å². The minimum Gasteiger partial charge on any atom is -0.464 e. The number of nitrogens with one attached hydrogen (secondary N) is 1. The number of carbonyl (C=O) groups excluding carboxylic acids is 2. The summed E-state index contributed by atoms with van der Waals surface area (Å²) in [6.07, 6.45) is 10.2. The first kappa shape index (κ1) is 24.7. The summed E-state index contributed by atoms with van der Waals surface area (Å²) in [6.45, 7) is 6.71. The number of carbonyl (C=O) groups is 2. The molecule has 0 aliphatic carbocycles. The van der Waals surface area contributed by atoms with Crippen LogP contribution in [0.1, 0.15) is 88.9 Å². The molecule has 28 heavy (non-hydrogen) atoms. The molecule has 0 aliphatic rings. The van der Waals surface area contributed by atoms with E-state index in [-0.39, 0.29) is 17.8 Å². The zero-order chi connectivity index (χ0) is 20.8. The maximum absolute atomic E-state index is 12.5. The van der Waals surface area contributed by atoms with Gasteiger partial charge < -0.3 is 10.1 Å². The molecule has 4 nitrogen and oxygen atoms in total. The summed E-state index contributed by atoms with van der Waals surface area (Å²) in [4.78, 5) is 25.0. The van der Waals surface area contributed by atoms with Crippen molar-refractivity contribution in [1.29, 1.82) is 0 Å². The lowest BCUT2D eigenvalue weighted by molar-refractivity contribution is -0.146. The van der Waals surface area contributed by atoms with Crippen LogP contribution in [0.5, 0.6) is 0 Å². The Bertz CT molecular complexity index is 589. The van der Waals surface area contributed by atoms with E-state index in [2.05, 4.69) is 28.2 Å². The van der Waals surface area contributed by atoms with Crippen molar-refractivity contribution in [2.75, 3.05) is 6.61 Å². The monoisotopic (exact) mass is 453 g/mol. The third kappa shape index (κ3) is 10.3. The molecule has 0 bridgehead atoms. The Hall–Kier alpha value is -1.36. The summed E-state index contributed by atoms with van der Waals surface area (Å²) in [7, 11) is 0. The fourth-order valence-corrected chi connectivity index (χ4v) is 3.54. The number of hydrogen-bond donors (Lipinski definition) is 1. The zero-order valence-electron chi connectivity index (χ0n) is 17.6. The van der Waals surface area contributed by atoms with Crippen LogP contribution in [0.4, 0.5) is 0 Å². The van der Waals surface area contributed by atoms with E-state index < -0.39 is 6.04 Å². The van der Waals surface area contributed by atoms with Gasteiger partial charge in [-0.3, -0.25) is 4.79 Å². The molecule has 0 fully saturated rings. The number of rotatable bonds is 14. The summed E-state index contributed by atoms with van der Waals surface area (Å²) < 4.78 is 6.16. The van der Waals surface area contributed by atoms with E-state index >= 15 is 0 Å². The molecular weight excluding hydrogens is 418 g/mol. The van der Waals surface area contributed by atoms with Crippen LogP contribution in [0, 0.1) is 5.92 Å². The topological polar surface area (TPSA) is 55.4 Å². The number of hydrogen-bond acceptors (Lipinski definition) is 3. The number of halogens is 1. The van der Waals surface area contributed by atoms with Crippen LogP contribution in [0.3, 0.4) is 0 Å². The lowest BCUT2D eigenvalue weighted by Gasteiger charge is -2.20. The molecule has 0 spiro atoms. The quantitative estimate of drug-likeness (QED) is 0.266. The molecule has 0 saturated carbocycles. The van der Waals surface area contributed by atoms with E-state index in [9.17, 15) is 9.59 Å². The predicted octanol–water partition coefficient (Wildman–Crippen LogP) is 6.28. The van der Waals surface area contributed by atoms with Gasteiger partial charge in [0.1, 0.15) is 6.04 Å². The normalized spacial score (nSPS) is 12.0. The highest BCUT2D eigenvalue weighted by atomic mass is 79.9. The number of ether oxygens (including phenoxy) is 1. The van der Waals surface area contributed by atoms with Crippen molar-refractivity contribution in [1.82, 2.24) is 5.32 Å². The molecule has 1 amide bonds. The van der Waals surface area contributed by atoms with Crippen molar-refractivity contribution in [3.63, 3.8) is 0 Å². The van der Waals surface area contributed by atoms with Crippen LogP contribution in [0.25, 0.3) is 0 Å². The van der Waals surface area contributed by atoms with Crippen LogP contribution >= 0.6 is 15.9 Å². The lowest BCUT2D eigenvalue weighted by atomic mass is 10.0. The first-order chi connectivity index (χ1) is 13.5. The Morgan fingerprint density at radius 2 is 1.61 bits per heavy atom. The van der Waals surface area contributed by atoms with E-state index in [1.165, 1.54) is 38.5 Å². The van der Waals surface area contributed by atoms with Gasteiger partial charge in [0.2, 0.25) is 0 Å². The van der Waals surface area contributed by atoms with E-state index in [0.717, 1.165) is 12.8 Å². The molecule has 0 heterocycles. The molecule has 0 aromatic heterocycles. The Labute approximate surface area is 178 Å². The van der Waals surface area contributed by atoms with Gasteiger partial charge in [-0.2, -0.15) is 0 Å². The second-order valence-electron chi connectivity index (χ2n) is 7.78. The van der Waals surface area contributed by atoms with Gasteiger partial charge in [-0.05, 0) is 46.8 Å². The standard InChI is InChI=1S/C23H36BrNO3/c1-4-5-6-7-8-9-10-13-16-28-23(27)21(17-18(2)3)25-22(26)19-14-11-12-15-20(19)24/h11-12,14-15,18,21H,4-10,13,16-17H2,1-3H3,(H,25,26). The first-order valence-electron chi connectivity index (χ1n) is 10.7. The van der Waals surface area contributed by atoms with Crippen molar-refractivity contribution in [2.45, 2.75) is 84.6 Å². The Morgan fingerprint density at radius 3 is 2.21 bits per heavy atom. The first-order valence-corrected chi connectivity index (χ1v) is 11.5. The maximum Gasteiger partial charge on any atom is 0.328 e. The average Bonchev–Trinajstić information content (AvgIpc) is 2.66. The SMILES string of the molecule is CCCCCCCCCCOC(=O)C(CC(C)C)NC(=O)c1ccccc1Br. The van der Waals surface area contributed by atoms with Crippen LogP contribution in [0.15, 0.2) is 28.7 Å². The molecule has 1 aromatic rings. The van der Waals surface area contributed by atoms with Crippen LogP contribution < -0.4 is 5.32 Å². The number of benzene rings is 1. The van der Waals surface area contributed by atoms with Gasteiger partial charge in [-0.25, -0.2) is 4.79 Å². The van der Waals surface area contributed by atoms with Gasteiger partial charge in [-0.1, -0.05) is 77.8 Å². The fourth-order valence-electron chi connectivity index (χ4n) is 3.08. The maximum atomic E-state index is 12.5. The number of unbranched alkanes of at least 4 members (excludes halogenated alkanes) is 7. The van der Waals surface area contributed by atoms with Crippen molar-refractivity contribution in [2.24, 2.45) is 5.92 Å². The van der Waals surface area contributed by atoms with E-state index in [0.29, 0.717) is 23.1 Å². The second kappa shape index (κ2) is 14.6. The minimum atomic E-state index is -0.617. The van der Waals surface area contributed by atoms with Gasteiger partial charge in [0.15, 0.2) is 0 Å². The van der Waals surface area contributed by atoms with Crippen LogP contribution in [0.2, 0.25) is 0 Å². The smallest absolute Gasteiger partial charge is 0.328 e. The third-order valence-electron chi connectivity index (χ3n) is 4.66. The molecule has 158 valence electrons. The molecule has 5 heteroatoms. The summed E-state index contributed by atoms with van der Waals surface area (Å²) in [6, 6.07) is 6.58. The van der Waals surface area contributed by atoms with Gasteiger partial charge >= 0.3 is 5.97 Å². The Balaban J connectivity index is 2.39. The molecule has 0 radical (unpaired) electrons. The summed E-state index contributed by atoms with van der Waals surface area (Å²) in [5.41, 5.74) is 0.520. The lowest BCUT2D eigenvalue weighted by Crippen LogP contribution is -2.43. The molecular formula is C23H36BrNO3. The molecule has 1 N–H and O–H groups in total. The number of esters is 1. The highest BCUT2D eigenvalue weighted by Crippen LogP contribution is 2.17. The molecule has 0 saturated heterocycles. The Kier molecular flexibility index (Phi) is 12.9. The summed E-state index contributed by atoms with van der Waals surface area (Å²) in [5.74, 6) is -0.320. The highest BCUT2D eigenvalue weighted by Gasteiger charge is 2.24. The third-order valence-corrected chi connectivity index (χ3v) is 5.35. The minimum absolute atomic E-state index is 0.262. The van der Waals surface area contributed by atoms with Crippen molar-refractivity contribution < 1.29 is 14.3 Å². The summed E-state index contributed by atoms with van der Waals surface area (Å²) >= 11 is 3.38. The van der Waals surface area contributed by atoms with Gasteiger partial charge in [-0.15, -0.1) is 0 Å². The van der Waals surface area contributed by atoms with Gasteiger partial charge in [0.05, 0.1) is 12.2 Å². The van der Waals surface area contributed by atoms with Crippen molar-refractivity contribution in [3.8, 4) is 0 Å². The second-order valence-corrected chi connectivity index (χ2v) is 8.63. The number of amides is 1. The molecule has 1 unspecified atom stereocenters. The molecule has 1 aromatic carbocycles. The van der Waals surface area contributed by atoms with E-state index in [1.54, 1.807) is 12.1 Å². The Morgan fingerprint density at radius 1 is 1.00 bits per heavy atom. The fraction of sp³-hybridized carbons (Fsp3) is 0.652. The van der Waals surface area contributed by atoms with Gasteiger partial charge in [0, 0.05) is 4.47 Å². The molecule has 1 rings (SSSR count). The largest absolute Gasteiger partial charge is 0.464 e. The van der Waals surface area contributed by atoms with Crippen molar-refractivity contribution >= 4 is 27.8 Å². The average molecular weight is 454 g/mol. The summed E-state index contributed by atoms with van der Waals surface area (Å²) in [5, 5.41) is 2.84. The van der Waals surface area contributed by atoms with Crippen molar-refractivity contribution in [3.05, 3.63) is 34.3 Å². The molecule has 1 atom stereocenters. The zero-order valence-corrected chi connectivity index (χ0v) is 19.2. The van der Waals surface area contributed by atoms with Crippen LogP contribution in [-0.4, -0.2) is 24.5 Å². The highest BCUT2D eigenvalue weighted by molar-refractivity contribution is 9.10. The molecule has 0 aliphatic heterocycles.